The molecule has 1 amide bonds. The van der Waals surface area contributed by atoms with E-state index in [0.29, 0.717) is 11.1 Å². The van der Waals surface area contributed by atoms with Gasteiger partial charge in [-0.1, -0.05) is 23.7 Å². The zero-order valence-electron chi connectivity index (χ0n) is 11.5. The smallest absolute Gasteiger partial charge is 0.307 e. The molecule has 0 aliphatic carbocycles. The average Bonchev–Trinajstić information content (AvgIpc) is 2.39. The highest BCUT2D eigenvalue weighted by Crippen LogP contribution is 2.25. The van der Waals surface area contributed by atoms with Crippen molar-refractivity contribution in [2.75, 3.05) is 6.54 Å². The Morgan fingerprint density at radius 1 is 1.33 bits per heavy atom. The summed E-state index contributed by atoms with van der Waals surface area (Å²) in [7, 11) is 0. The average molecular weight is 316 g/mol. The molecule has 0 bridgehead atoms. The van der Waals surface area contributed by atoms with Crippen molar-refractivity contribution in [1.29, 1.82) is 0 Å². The van der Waals surface area contributed by atoms with Gasteiger partial charge < -0.3 is 20.6 Å². The number of hydrogen-bond donors (Lipinski definition) is 4. The number of aliphatic carboxylic acids is 1. The van der Waals surface area contributed by atoms with E-state index < -0.39 is 18.2 Å². The quantitative estimate of drug-likeness (QED) is 0.598. The van der Waals surface area contributed by atoms with Crippen LogP contribution < -0.4 is 5.32 Å². The van der Waals surface area contributed by atoms with Crippen molar-refractivity contribution in [3.63, 3.8) is 0 Å². The number of carboxylic acid groups (broad SMARTS) is 1. The topological polar surface area (TPSA) is 107 Å². The summed E-state index contributed by atoms with van der Waals surface area (Å²) in [6, 6.07) is 4.47. The number of carboxylic acids is 1. The lowest BCUT2D eigenvalue weighted by Crippen LogP contribution is -2.27. The van der Waals surface area contributed by atoms with Gasteiger partial charge in [-0.15, -0.1) is 0 Å². The second-order valence-electron chi connectivity index (χ2n) is 4.71. The molecule has 6 nitrogen and oxygen atoms in total. The van der Waals surface area contributed by atoms with Gasteiger partial charge in [0.25, 0.3) is 0 Å². The standard InChI is InChI=1S/C14H18ClNO5/c1-8(17)16-5-4-12(18)14(21)10-3-2-9(7-13(19)20)11(15)6-10/h2-3,6,12,14,18,21H,4-5,7H2,1H3,(H,16,17)(H,19,20). The molecule has 0 saturated heterocycles. The summed E-state index contributed by atoms with van der Waals surface area (Å²) in [5, 5.41) is 31.3. The number of nitrogens with one attached hydrogen (secondary N) is 1. The molecule has 0 radical (unpaired) electrons. The molecule has 2 unspecified atom stereocenters. The fourth-order valence-electron chi connectivity index (χ4n) is 1.83. The normalized spacial score (nSPS) is 13.5. The lowest BCUT2D eigenvalue weighted by molar-refractivity contribution is -0.136. The summed E-state index contributed by atoms with van der Waals surface area (Å²) in [5.74, 6) is -1.21. The molecule has 2 atom stereocenters. The number of amides is 1. The van der Waals surface area contributed by atoms with Crippen LogP contribution in [0.15, 0.2) is 18.2 Å². The summed E-state index contributed by atoms with van der Waals surface area (Å²) < 4.78 is 0. The predicted octanol–water partition coefficient (Wildman–Crippen LogP) is 0.888. The maximum absolute atomic E-state index is 10.7. The van der Waals surface area contributed by atoms with Gasteiger partial charge in [-0.2, -0.15) is 0 Å². The first-order valence-corrected chi connectivity index (χ1v) is 6.79. The monoisotopic (exact) mass is 315 g/mol. The Bertz CT molecular complexity index is 520. The Morgan fingerprint density at radius 2 is 2.00 bits per heavy atom. The van der Waals surface area contributed by atoms with Crippen LogP contribution in [0.5, 0.6) is 0 Å². The second-order valence-corrected chi connectivity index (χ2v) is 5.11. The first-order chi connectivity index (χ1) is 9.81. The highest BCUT2D eigenvalue weighted by atomic mass is 35.5. The lowest BCUT2D eigenvalue weighted by Gasteiger charge is -2.19. The van der Waals surface area contributed by atoms with Gasteiger partial charge in [0.2, 0.25) is 5.91 Å². The van der Waals surface area contributed by atoms with Crippen LogP contribution in [0.3, 0.4) is 0 Å². The number of aliphatic hydroxyl groups excluding tert-OH is 2. The zero-order chi connectivity index (χ0) is 16.0. The number of aliphatic hydroxyl groups is 2. The molecular formula is C14H18ClNO5. The molecule has 0 saturated carbocycles. The maximum Gasteiger partial charge on any atom is 0.307 e. The van der Waals surface area contributed by atoms with Crippen LogP contribution >= 0.6 is 11.6 Å². The van der Waals surface area contributed by atoms with Crippen molar-refractivity contribution < 1.29 is 24.9 Å². The molecule has 1 aromatic rings. The van der Waals surface area contributed by atoms with E-state index >= 15 is 0 Å². The molecule has 4 N–H and O–H groups in total. The van der Waals surface area contributed by atoms with Crippen molar-refractivity contribution in [2.45, 2.75) is 32.0 Å². The minimum atomic E-state index is -1.16. The Kier molecular flexibility index (Phi) is 6.61. The molecule has 0 aliphatic rings. The summed E-state index contributed by atoms with van der Waals surface area (Å²) in [4.78, 5) is 21.4. The fraction of sp³-hybridized carbons (Fsp3) is 0.429. The molecule has 0 fully saturated rings. The third-order valence-electron chi connectivity index (χ3n) is 2.94. The number of benzene rings is 1. The Morgan fingerprint density at radius 3 is 2.52 bits per heavy atom. The largest absolute Gasteiger partial charge is 0.481 e. The first-order valence-electron chi connectivity index (χ1n) is 6.42. The van der Waals surface area contributed by atoms with Crippen molar-refractivity contribution in [3.8, 4) is 0 Å². The van der Waals surface area contributed by atoms with E-state index in [-0.39, 0.29) is 30.3 Å². The third kappa shape index (κ3) is 5.71. The van der Waals surface area contributed by atoms with Crippen LogP contribution in [-0.4, -0.2) is 39.8 Å². The third-order valence-corrected chi connectivity index (χ3v) is 3.29. The minimum absolute atomic E-state index is 0.190. The van der Waals surface area contributed by atoms with E-state index in [1.807, 2.05) is 0 Å². The lowest BCUT2D eigenvalue weighted by atomic mass is 10.00. The molecule has 1 aromatic carbocycles. The van der Waals surface area contributed by atoms with Gasteiger partial charge in [0.1, 0.15) is 6.10 Å². The molecule has 0 aliphatic heterocycles. The summed E-state index contributed by atoms with van der Waals surface area (Å²) in [5.41, 5.74) is 0.831. The van der Waals surface area contributed by atoms with Gasteiger partial charge in [-0.25, -0.2) is 0 Å². The van der Waals surface area contributed by atoms with Crippen molar-refractivity contribution in [1.82, 2.24) is 5.32 Å². The number of carbonyl (C=O) groups excluding carboxylic acids is 1. The molecule has 0 spiro atoms. The van der Waals surface area contributed by atoms with E-state index in [4.69, 9.17) is 16.7 Å². The van der Waals surface area contributed by atoms with Gasteiger partial charge >= 0.3 is 5.97 Å². The van der Waals surface area contributed by atoms with Crippen molar-refractivity contribution in [3.05, 3.63) is 34.3 Å². The van der Waals surface area contributed by atoms with Crippen molar-refractivity contribution >= 4 is 23.5 Å². The highest BCUT2D eigenvalue weighted by molar-refractivity contribution is 6.31. The second kappa shape index (κ2) is 7.97. The van der Waals surface area contributed by atoms with Gasteiger partial charge in [0.15, 0.2) is 0 Å². The maximum atomic E-state index is 10.7. The summed E-state index contributed by atoms with van der Waals surface area (Å²) >= 11 is 5.96. The molecule has 1 rings (SSSR count). The summed E-state index contributed by atoms with van der Waals surface area (Å²) in [6.07, 6.45) is -2.23. The van der Waals surface area contributed by atoms with Crippen LogP contribution in [-0.2, 0) is 16.0 Å². The Hall–Kier alpha value is -1.63. The Labute approximate surface area is 127 Å². The number of carbonyl (C=O) groups is 2. The van der Waals surface area contributed by atoms with Gasteiger partial charge in [-0.3, -0.25) is 9.59 Å². The number of halogens is 1. The number of rotatable bonds is 7. The van der Waals surface area contributed by atoms with E-state index in [0.717, 1.165) is 0 Å². The first kappa shape index (κ1) is 17.4. The van der Waals surface area contributed by atoms with Gasteiger partial charge in [0.05, 0.1) is 12.5 Å². The van der Waals surface area contributed by atoms with Crippen LogP contribution in [0.4, 0.5) is 0 Å². The molecule has 0 heterocycles. The highest BCUT2D eigenvalue weighted by Gasteiger charge is 2.19. The van der Waals surface area contributed by atoms with E-state index in [9.17, 15) is 19.8 Å². The number of hydrogen-bond acceptors (Lipinski definition) is 4. The molecule has 116 valence electrons. The van der Waals surface area contributed by atoms with Crippen LogP contribution in [0, 0.1) is 0 Å². The van der Waals surface area contributed by atoms with Crippen LogP contribution in [0.2, 0.25) is 5.02 Å². The van der Waals surface area contributed by atoms with Gasteiger partial charge in [0, 0.05) is 18.5 Å². The SMILES string of the molecule is CC(=O)NCCC(O)C(O)c1ccc(CC(=O)O)c(Cl)c1. The summed E-state index contributed by atoms with van der Waals surface area (Å²) in [6.45, 7) is 1.61. The van der Waals surface area contributed by atoms with Crippen LogP contribution in [0.1, 0.15) is 30.6 Å². The van der Waals surface area contributed by atoms with Crippen molar-refractivity contribution in [2.24, 2.45) is 0 Å². The van der Waals surface area contributed by atoms with E-state index in [1.54, 1.807) is 0 Å². The fourth-order valence-corrected chi connectivity index (χ4v) is 2.09. The molecular weight excluding hydrogens is 298 g/mol. The Balaban J connectivity index is 2.69. The van der Waals surface area contributed by atoms with E-state index in [1.165, 1.54) is 25.1 Å². The zero-order valence-corrected chi connectivity index (χ0v) is 12.3. The van der Waals surface area contributed by atoms with Gasteiger partial charge in [-0.05, 0) is 23.6 Å². The van der Waals surface area contributed by atoms with E-state index in [2.05, 4.69) is 5.32 Å². The predicted molar refractivity (Wildman–Crippen MR) is 77.1 cm³/mol. The van der Waals surface area contributed by atoms with Crippen LogP contribution in [0.25, 0.3) is 0 Å². The molecule has 21 heavy (non-hydrogen) atoms. The molecule has 0 aromatic heterocycles. The minimum Gasteiger partial charge on any atom is -0.481 e. The molecule has 7 heteroatoms.